The van der Waals surface area contributed by atoms with Crippen LogP contribution in [0.5, 0.6) is 0 Å². The van der Waals surface area contributed by atoms with Gasteiger partial charge in [0.2, 0.25) is 0 Å². The molecule has 0 saturated carbocycles. The van der Waals surface area contributed by atoms with Gasteiger partial charge in [-0.25, -0.2) is 8.78 Å². The highest BCUT2D eigenvalue weighted by Gasteiger charge is 2.40. The van der Waals surface area contributed by atoms with Crippen molar-refractivity contribution in [3.8, 4) is 0 Å². The molecular formula is C10H17F4NO. The van der Waals surface area contributed by atoms with Gasteiger partial charge in [-0.3, -0.25) is 0 Å². The maximum Gasteiger partial charge on any atom is 0.330 e. The Morgan fingerprint density at radius 2 is 2.12 bits per heavy atom. The summed E-state index contributed by atoms with van der Waals surface area (Å²) in [4.78, 5) is 0. The fourth-order valence-electron chi connectivity index (χ4n) is 1.71. The molecule has 0 bridgehead atoms. The summed E-state index contributed by atoms with van der Waals surface area (Å²) in [6.07, 6.45) is 0.0448. The zero-order valence-corrected chi connectivity index (χ0v) is 9.02. The van der Waals surface area contributed by atoms with Crippen LogP contribution in [0, 0.1) is 0 Å². The molecule has 0 spiro atoms. The lowest BCUT2D eigenvalue weighted by molar-refractivity contribution is -0.166. The molecule has 1 atom stereocenters. The molecule has 96 valence electrons. The molecule has 0 aromatic rings. The van der Waals surface area contributed by atoms with E-state index in [9.17, 15) is 17.6 Å². The Hall–Kier alpha value is -0.360. The zero-order chi connectivity index (χ0) is 12.0. The number of alkyl halides is 4. The van der Waals surface area contributed by atoms with Crippen LogP contribution >= 0.6 is 0 Å². The Morgan fingerprint density at radius 3 is 2.69 bits per heavy atom. The van der Waals surface area contributed by atoms with E-state index in [0.29, 0.717) is 12.5 Å². The number of hydrogen-bond donors (Lipinski definition) is 1. The van der Waals surface area contributed by atoms with Gasteiger partial charge in [0.25, 0.3) is 0 Å². The van der Waals surface area contributed by atoms with Crippen LogP contribution in [-0.2, 0) is 4.74 Å². The van der Waals surface area contributed by atoms with Gasteiger partial charge in [0.05, 0.1) is 0 Å². The second-order valence-corrected chi connectivity index (χ2v) is 4.05. The summed E-state index contributed by atoms with van der Waals surface area (Å²) >= 11 is 0. The van der Waals surface area contributed by atoms with Crippen LogP contribution in [0.25, 0.3) is 0 Å². The average Bonchev–Trinajstić information content (AvgIpc) is 2.69. The van der Waals surface area contributed by atoms with Gasteiger partial charge in [-0.05, 0) is 32.2 Å². The molecule has 1 aliphatic rings. The Morgan fingerprint density at radius 1 is 1.38 bits per heavy atom. The first kappa shape index (κ1) is 13.7. The van der Waals surface area contributed by atoms with Crippen molar-refractivity contribution < 1.29 is 22.3 Å². The van der Waals surface area contributed by atoms with E-state index >= 15 is 0 Å². The average molecular weight is 243 g/mol. The SMILES string of the molecule is FC(F)C(F)(F)COCCCC1CCCN1. The quantitative estimate of drug-likeness (QED) is 0.547. The van der Waals surface area contributed by atoms with Crippen LogP contribution in [0.1, 0.15) is 25.7 Å². The molecule has 0 aliphatic carbocycles. The normalized spacial score (nSPS) is 21.9. The van der Waals surface area contributed by atoms with Crippen LogP contribution < -0.4 is 5.32 Å². The molecule has 1 fully saturated rings. The van der Waals surface area contributed by atoms with Gasteiger partial charge in [0.1, 0.15) is 6.61 Å². The van der Waals surface area contributed by atoms with E-state index in [0.717, 1.165) is 25.8 Å². The molecule has 16 heavy (non-hydrogen) atoms. The Labute approximate surface area is 92.3 Å². The topological polar surface area (TPSA) is 21.3 Å². The van der Waals surface area contributed by atoms with Crippen LogP contribution in [0.4, 0.5) is 17.6 Å². The van der Waals surface area contributed by atoms with E-state index in [-0.39, 0.29) is 6.61 Å². The van der Waals surface area contributed by atoms with E-state index in [2.05, 4.69) is 10.1 Å². The molecule has 0 aromatic heterocycles. The molecule has 1 rings (SSSR count). The van der Waals surface area contributed by atoms with Crippen molar-refractivity contribution in [2.24, 2.45) is 0 Å². The molecule has 1 unspecified atom stereocenters. The minimum atomic E-state index is -4.02. The van der Waals surface area contributed by atoms with E-state index in [4.69, 9.17) is 0 Å². The molecule has 1 saturated heterocycles. The number of hydrogen-bond acceptors (Lipinski definition) is 2. The summed E-state index contributed by atoms with van der Waals surface area (Å²) < 4.78 is 52.8. The lowest BCUT2D eigenvalue weighted by Crippen LogP contribution is -2.32. The number of nitrogens with one attached hydrogen (secondary N) is 1. The molecule has 2 nitrogen and oxygen atoms in total. The van der Waals surface area contributed by atoms with Gasteiger partial charge >= 0.3 is 12.3 Å². The van der Waals surface area contributed by atoms with E-state index in [1.807, 2.05) is 0 Å². The molecule has 0 aromatic carbocycles. The second-order valence-electron chi connectivity index (χ2n) is 4.05. The second kappa shape index (κ2) is 6.39. The Kier molecular flexibility index (Phi) is 5.48. The van der Waals surface area contributed by atoms with Crippen molar-refractivity contribution in [1.82, 2.24) is 5.32 Å². The summed E-state index contributed by atoms with van der Waals surface area (Å²) in [5, 5.41) is 3.26. The van der Waals surface area contributed by atoms with Crippen LogP contribution in [0.3, 0.4) is 0 Å². The summed E-state index contributed by atoms with van der Waals surface area (Å²) in [5.41, 5.74) is 0. The van der Waals surface area contributed by atoms with Gasteiger partial charge in [0, 0.05) is 12.6 Å². The standard InChI is InChI=1S/C10H17F4NO/c11-9(12)10(13,14)7-16-6-2-4-8-3-1-5-15-8/h8-9,15H,1-7H2. The largest absolute Gasteiger partial charge is 0.375 e. The molecular weight excluding hydrogens is 226 g/mol. The molecule has 1 N–H and O–H groups in total. The highest BCUT2D eigenvalue weighted by Crippen LogP contribution is 2.23. The third kappa shape index (κ3) is 4.65. The Bertz CT molecular complexity index is 195. The molecule has 6 heteroatoms. The minimum Gasteiger partial charge on any atom is -0.375 e. The first-order chi connectivity index (χ1) is 7.52. The lowest BCUT2D eigenvalue weighted by atomic mass is 10.1. The highest BCUT2D eigenvalue weighted by atomic mass is 19.3. The third-order valence-electron chi connectivity index (χ3n) is 2.62. The van der Waals surface area contributed by atoms with E-state index in [1.54, 1.807) is 0 Å². The molecule has 0 radical (unpaired) electrons. The number of halogens is 4. The van der Waals surface area contributed by atoms with Crippen molar-refractivity contribution in [2.75, 3.05) is 19.8 Å². The lowest BCUT2D eigenvalue weighted by Gasteiger charge is -2.15. The highest BCUT2D eigenvalue weighted by molar-refractivity contribution is 4.73. The number of rotatable bonds is 7. The Balaban J connectivity index is 1.99. The van der Waals surface area contributed by atoms with Crippen LogP contribution in [0.15, 0.2) is 0 Å². The van der Waals surface area contributed by atoms with E-state index in [1.165, 1.54) is 0 Å². The number of ether oxygens (including phenoxy) is 1. The van der Waals surface area contributed by atoms with Gasteiger partial charge in [-0.2, -0.15) is 8.78 Å². The third-order valence-corrected chi connectivity index (χ3v) is 2.62. The van der Waals surface area contributed by atoms with Crippen molar-refractivity contribution in [3.05, 3.63) is 0 Å². The zero-order valence-electron chi connectivity index (χ0n) is 9.02. The van der Waals surface area contributed by atoms with Crippen molar-refractivity contribution >= 4 is 0 Å². The summed E-state index contributed by atoms with van der Waals surface area (Å²) in [6.45, 7) is -0.0851. The van der Waals surface area contributed by atoms with Crippen LogP contribution in [-0.4, -0.2) is 38.1 Å². The first-order valence-corrected chi connectivity index (χ1v) is 5.49. The van der Waals surface area contributed by atoms with Crippen molar-refractivity contribution in [1.29, 1.82) is 0 Å². The molecule has 1 aliphatic heterocycles. The smallest absolute Gasteiger partial charge is 0.330 e. The van der Waals surface area contributed by atoms with Gasteiger partial charge in [0.15, 0.2) is 0 Å². The molecule has 0 amide bonds. The maximum absolute atomic E-state index is 12.4. The van der Waals surface area contributed by atoms with E-state index < -0.39 is 19.0 Å². The minimum absolute atomic E-state index is 0.112. The van der Waals surface area contributed by atoms with Gasteiger partial charge in [-0.1, -0.05) is 0 Å². The predicted molar refractivity (Wildman–Crippen MR) is 52.0 cm³/mol. The summed E-state index contributed by atoms with van der Waals surface area (Å²) in [7, 11) is 0. The monoisotopic (exact) mass is 243 g/mol. The van der Waals surface area contributed by atoms with Crippen molar-refractivity contribution in [2.45, 2.75) is 44.1 Å². The van der Waals surface area contributed by atoms with Gasteiger partial charge < -0.3 is 10.1 Å². The summed E-state index contributed by atoms with van der Waals surface area (Å²) in [6, 6.07) is 0.430. The predicted octanol–water partition coefficient (Wildman–Crippen LogP) is 2.44. The van der Waals surface area contributed by atoms with Crippen molar-refractivity contribution in [3.63, 3.8) is 0 Å². The maximum atomic E-state index is 12.4. The molecule has 1 heterocycles. The fourth-order valence-corrected chi connectivity index (χ4v) is 1.71. The summed E-state index contributed by atoms with van der Waals surface area (Å²) in [5.74, 6) is -4.02. The van der Waals surface area contributed by atoms with Gasteiger partial charge in [-0.15, -0.1) is 0 Å². The van der Waals surface area contributed by atoms with Crippen LogP contribution in [0.2, 0.25) is 0 Å². The first-order valence-electron chi connectivity index (χ1n) is 5.49. The fraction of sp³-hybridized carbons (Fsp3) is 1.00.